The molecule has 4 heteroatoms. The first-order valence-corrected chi connectivity index (χ1v) is 5.44. The van der Waals surface area contributed by atoms with Crippen molar-refractivity contribution in [3.63, 3.8) is 0 Å². The van der Waals surface area contributed by atoms with Gasteiger partial charge >= 0.3 is 0 Å². The zero-order valence-corrected chi connectivity index (χ0v) is 10.5. The second-order valence-electron chi connectivity index (χ2n) is 3.74. The molecule has 1 aromatic rings. The summed E-state index contributed by atoms with van der Waals surface area (Å²) in [6.07, 6.45) is 0.786. The number of carbonyl (C=O) groups is 1. The highest BCUT2D eigenvalue weighted by atomic mass is 35.5. The van der Waals surface area contributed by atoms with Crippen LogP contribution in [0.4, 0.5) is 5.69 Å². The maximum atomic E-state index is 10.6. The monoisotopic (exact) mass is 241 g/mol. The molecule has 1 aromatic carbocycles. The molecule has 3 nitrogen and oxygen atoms in total. The topological polar surface area (TPSA) is 29.5 Å². The van der Waals surface area contributed by atoms with E-state index in [1.807, 2.05) is 24.9 Å². The number of anilines is 1. The van der Waals surface area contributed by atoms with Crippen LogP contribution in [-0.2, 0) is 4.74 Å². The van der Waals surface area contributed by atoms with Crippen LogP contribution >= 0.6 is 11.6 Å². The first-order chi connectivity index (χ1) is 7.60. The van der Waals surface area contributed by atoms with E-state index in [0.717, 1.165) is 12.0 Å². The Morgan fingerprint density at radius 3 is 2.75 bits per heavy atom. The SMILES string of the molecule is COCC(C)N(C)c1ccc(C=O)cc1Cl. The summed E-state index contributed by atoms with van der Waals surface area (Å²) in [5, 5.41) is 0.579. The predicted octanol–water partition coefficient (Wildman–Crippen LogP) is 2.62. The fourth-order valence-corrected chi connectivity index (χ4v) is 1.80. The highest BCUT2D eigenvalue weighted by Crippen LogP contribution is 2.26. The first-order valence-electron chi connectivity index (χ1n) is 5.06. The first kappa shape index (κ1) is 13.0. The van der Waals surface area contributed by atoms with Crippen molar-refractivity contribution >= 4 is 23.6 Å². The van der Waals surface area contributed by atoms with Crippen molar-refractivity contribution < 1.29 is 9.53 Å². The van der Waals surface area contributed by atoms with Gasteiger partial charge < -0.3 is 9.64 Å². The number of nitrogens with zero attached hydrogens (tertiary/aromatic N) is 1. The number of hydrogen-bond donors (Lipinski definition) is 0. The molecule has 0 fully saturated rings. The van der Waals surface area contributed by atoms with Gasteiger partial charge in [0.1, 0.15) is 6.29 Å². The van der Waals surface area contributed by atoms with Crippen LogP contribution in [0.5, 0.6) is 0 Å². The van der Waals surface area contributed by atoms with Crippen LogP contribution < -0.4 is 4.90 Å². The van der Waals surface area contributed by atoms with Crippen LogP contribution in [0.3, 0.4) is 0 Å². The lowest BCUT2D eigenvalue weighted by Gasteiger charge is -2.27. The maximum absolute atomic E-state index is 10.6. The molecule has 88 valence electrons. The second-order valence-corrected chi connectivity index (χ2v) is 4.15. The summed E-state index contributed by atoms with van der Waals surface area (Å²) < 4.78 is 5.09. The summed E-state index contributed by atoms with van der Waals surface area (Å²) in [6, 6.07) is 5.49. The van der Waals surface area contributed by atoms with Gasteiger partial charge in [0.25, 0.3) is 0 Å². The van der Waals surface area contributed by atoms with Gasteiger partial charge in [-0.05, 0) is 25.1 Å². The maximum Gasteiger partial charge on any atom is 0.150 e. The Morgan fingerprint density at radius 1 is 1.56 bits per heavy atom. The largest absolute Gasteiger partial charge is 0.383 e. The Balaban J connectivity index is 2.91. The number of halogens is 1. The lowest BCUT2D eigenvalue weighted by Crippen LogP contribution is -2.32. The molecule has 0 saturated carbocycles. The molecule has 1 atom stereocenters. The number of carbonyl (C=O) groups excluding carboxylic acids is 1. The molecular weight excluding hydrogens is 226 g/mol. The van der Waals surface area contributed by atoms with Gasteiger partial charge in [-0.3, -0.25) is 4.79 Å². The molecule has 0 aliphatic rings. The lowest BCUT2D eigenvalue weighted by atomic mass is 10.2. The van der Waals surface area contributed by atoms with Crippen LogP contribution in [-0.4, -0.2) is 33.1 Å². The van der Waals surface area contributed by atoms with Crippen molar-refractivity contribution in [3.05, 3.63) is 28.8 Å². The molecule has 16 heavy (non-hydrogen) atoms. The molecule has 0 spiro atoms. The van der Waals surface area contributed by atoms with Crippen molar-refractivity contribution in [1.29, 1.82) is 0 Å². The minimum absolute atomic E-state index is 0.226. The summed E-state index contributed by atoms with van der Waals surface area (Å²) >= 11 is 6.11. The third-order valence-corrected chi connectivity index (χ3v) is 2.86. The normalized spacial score (nSPS) is 12.2. The molecule has 1 rings (SSSR count). The van der Waals surface area contributed by atoms with Crippen LogP contribution in [0.15, 0.2) is 18.2 Å². The van der Waals surface area contributed by atoms with E-state index in [1.165, 1.54) is 0 Å². The summed E-state index contributed by atoms with van der Waals surface area (Å²) in [5.74, 6) is 0. The molecule has 0 radical (unpaired) electrons. The Hall–Kier alpha value is -1.06. The second kappa shape index (κ2) is 5.87. The molecule has 0 N–H and O–H groups in total. The summed E-state index contributed by atoms with van der Waals surface area (Å²) in [4.78, 5) is 12.6. The lowest BCUT2D eigenvalue weighted by molar-refractivity contribution is 0.112. The predicted molar refractivity (Wildman–Crippen MR) is 66.6 cm³/mol. The molecule has 0 aliphatic heterocycles. The number of methoxy groups -OCH3 is 1. The van der Waals surface area contributed by atoms with Gasteiger partial charge in [0.05, 0.1) is 17.3 Å². The van der Waals surface area contributed by atoms with Crippen molar-refractivity contribution in [2.45, 2.75) is 13.0 Å². The van der Waals surface area contributed by atoms with Crippen molar-refractivity contribution in [3.8, 4) is 0 Å². The third-order valence-electron chi connectivity index (χ3n) is 2.56. The van der Waals surface area contributed by atoms with Gasteiger partial charge in [0.15, 0.2) is 0 Å². The van der Waals surface area contributed by atoms with E-state index in [0.29, 0.717) is 17.2 Å². The van der Waals surface area contributed by atoms with Gasteiger partial charge in [0, 0.05) is 25.8 Å². The van der Waals surface area contributed by atoms with E-state index in [-0.39, 0.29) is 6.04 Å². The van der Waals surface area contributed by atoms with E-state index >= 15 is 0 Å². The van der Waals surface area contributed by atoms with Gasteiger partial charge in [-0.1, -0.05) is 11.6 Å². The molecule has 0 bridgehead atoms. The van der Waals surface area contributed by atoms with Crippen molar-refractivity contribution in [1.82, 2.24) is 0 Å². The van der Waals surface area contributed by atoms with Crippen LogP contribution in [0.1, 0.15) is 17.3 Å². The number of ether oxygens (including phenoxy) is 1. The van der Waals surface area contributed by atoms with Crippen LogP contribution in [0.2, 0.25) is 5.02 Å². The van der Waals surface area contributed by atoms with E-state index < -0.39 is 0 Å². The van der Waals surface area contributed by atoms with E-state index in [4.69, 9.17) is 16.3 Å². The van der Waals surface area contributed by atoms with Crippen molar-refractivity contribution in [2.24, 2.45) is 0 Å². The molecule has 0 saturated heterocycles. The molecule has 0 aromatic heterocycles. The molecule has 0 aliphatic carbocycles. The van der Waals surface area contributed by atoms with E-state index in [1.54, 1.807) is 19.2 Å². The summed E-state index contributed by atoms with van der Waals surface area (Å²) in [7, 11) is 3.62. The fourth-order valence-electron chi connectivity index (χ4n) is 1.47. The Bertz CT molecular complexity index is 368. The minimum atomic E-state index is 0.226. The average molecular weight is 242 g/mol. The Labute approximate surface area is 101 Å². The molecule has 0 heterocycles. The smallest absolute Gasteiger partial charge is 0.150 e. The highest BCUT2D eigenvalue weighted by Gasteiger charge is 2.12. The number of likely N-dealkylation sites (N-methyl/N-ethyl adjacent to an activating group) is 1. The zero-order chi connectivity index (χ0) is 12.1. The summed E-state index contributed by atoms with van der Waals surface area (Å²) in [6.45, 7) is 2.68. The summed E-state index contributed by atoms with van der Waals surface area (Å²) in [5.41, 5.74) is 1.48. The quantitative estimate of drug-likeness (QED) is 0.743. The third kappa shape index (κ3) is 2.97. The van der Waals surface area contributed by atoms with E-state index in [9.17, 15) is 4.79 Å². The minimum Gasteiger partial charge on any atom is -0.383 e. The number of hydrogen-bond acceptors (Lipinski definition) is 3. The average Bonchev–Trinajstić information content (AvgIpc) is 2.28. The van der Waals surface area contributed by atoms with Crippen molar-refractivity contribution in [2.75, 3.05) is 25.7 Å². The molecule has 1 unspecified atom stereocenters. The van der Waals surface area contributed by atoms with Crippen LogP contribution in [0, 0.1) is 0 Å². The van der Waals surface area contributed by atoms with Gasteiger partial charge in [-0.25, -0.2) is 0 Å². The van der Waals surface area contributed by atoms with Gasteiger partial charge in [-0.15, -0.1) is 0 Å². The number of aldehydes is 1. The molecule has 0 amide bonds. The van der Waals surface area contributed by atoms with Gasteiger partial charge in [0.2, 0.25) is 0 Å². The van der Waals surface area contributed by atoms with E-state index in [2.05, 4.69) is 0 Å². The zero-order valence-electron chi connectivity index (χ0n) is 9.74. The van der Waals surface area contributed by atoms with Crippen LogP contribution in [0.25, 0.3) is 0 Å². The Morgan fingerprint density at radius 2 is 2.25 bits per heavy atom. The molecular formula is C12H16ClNO2. The standard InChI is InChI=1S/C12H16ClNO2/c1-9(8-16-3)14(2)12-5-4-10(7-15)6-11(12)13/h4-7,9H,8H2,1-3H3. The van der Waals surface area contributed by atoms with Gasteiger partial charge in [-0.2, -0.15) is 0 Å². The number of benzene rings is 1. The number of rotatable bonds is 5. The Kier molecular flexibility index (Phi) is 4.77. The highest BCUT2D eigenvalue weighted by molar-refractivity contribution is 6.33. The fraction of sp³-hybridized carbons (Fsp3) is 0.417.